The lowest BCUT2D eigenvalue weighted by Gasteiger charge is -2.22. The normalized spacial score (nSPS) is 22.7. The number of nitrogens with zero attached hydrogens (tertiary/aromatic N) is 2. The van der Waals surface area contributed by atoms with Gasteiger partial charge in [-0.1, -0.05) is 26.3 Å². The van der Waals surface area contributed by atoms with Gasteiger partial charge in [0, 0.05) is 37.1 Å². The Balaban J connectivity index is 0.000000278. The topological polar surface area (TPSA) is 216 Å². The number of nitro groups is 2. The predicted octanol–water partition coefficient (Wildman–Crippen LogP) is 7.98. The monoisotopic (exact) mass is 874 g/mol. The second kappa shape index (κ2) is 23.2. The van der Waals surface area contributed by atoms with Gasteiger partial charge in [-0.3, -0.25) is 20.2 Å². The van der Waals surface area contributed by atoms with E-state index in [0.29, 0.717) is 58.0 Å². The molecule has 0 aliphatic carbocycles. The Morgan fingerprint density at radius 2 is 1.24 bits per heavy atom. The Bertz CT molecular complexity index is 2070. The fourth-order valence-corrected chi connectivity index (χ4v) is 7.28. The summed E-state index contributed by atoms with van der Waals surface area (Å²) in [4.78, 5) is 45.7. The Hall–Kier alpha value is -5.54. The number of benzene rings is 2. The van der Waals surface area contributed by atoms with E-state index in [1.54, 1.807) is 0 Å². The number of nitro benzene ring substituents is 2. The third-order valence-corrected chi connectivity index (χ3v) is 10.9. The van der Waals surface area contributed by atoms with Crippen LogP contribution in [0.5, 0.6) is 0 Å². The lowest BCUT2D eigenvalue weighted by molar-refractivity contribution is -0.385. The van der Waals surface area contributed by atoms with Gasteiger partial charge in [0.1, 0.15) is 24.4 Å². The van der Waals surface area contributed by atoms with Crippen molar-refractivity contribution in [2.75, 3.05) is 13.2 Å². The first-order valence-corrected chi connectivity index (χ1v) is 20.7. The summed E-state index contributed by atoms with van der Waals surface area (Å²) in [7, 11) is 0. The van der Waals surface area contributed by atoms with E-state index in [1.807, 2.05) is 27.7 Å². The second-order valence-corrected chi connectivity index (χ2v) is 16.3. The van der Waals surface area contributed by atoms with E-state index in [-0.39, 0.29) is 53.5 Å². The van der Waals surface area contributed by atoms with E-state index in [0.717, 1.165) is 22.3 Å². The first-order valence-electron chi connectivity index (χ1n) is 20.7. The smallest absolute Gasteiger partial charge is 0.338 e. The molecule has 0 bridgehead atoms. The van der Waals surface area contributed by atoms with Gasteiger partial charge in [0.05, 0.1) is 58.6 Å². The third-order valence-electron chi connectivity index (χ3n) is 10.9. The van der Waals surface area contributed by atoms with Crippen LogP contribution in [-0.2, 0) is 28.4 Å². The highest BCUT2D eigenvalue weighted by molar-refractivity contribution is 5.90. The molecule has 63 heavy (non-hydrogen) atoms. The number of hydrogen-bond donors (Lipinski definition) is 2. The lowest BCUT2D eigenvalue weighted by Crippen LogP contribution is -2.31. The fourth-order valence-electron chi connectivity index (χ4n) is 7.28. The average molecular weight is 875 g/mol. The van der Waals surface area contributed by atoms with Crippen molar-refractivity contribution in [3.05, 3.63) is 140 Å². The summed E-state index contributed by atoms with van der Waals surface area (Å²) in [6, 6.07) is 10.6. The molecule has 2 aromatic carbocycles. The van der Waals surface area contributed by atoms with Crippen molar-refractivity contribution in [2.45, 2.75) is 134 Å². The Morgan fingerprint density at radius 3 is 1.63 bits per heavy atom. The van der Waals surface area contributed by atoms with Crippen LogP contribution in [0.15, 0.2) is 109 Å². The molecule has 2 unspecified atom stereocenters. The number of ether oxygens (including phenoxy) is 6. The predicted molar refractivity (Wildman–Crippen MR) is 232 cm³/mol. The number of rotatable bonds is 19. The number of esters is 2. The van der Waals surface area contributed by atoms with Crippen molar-refractivity contribution in [1.82, 2.24) is 0 Å². The molecule has 2 N–H and O–H groups in total. The maximum atomic E-state index is 12.6. The fraction of sp³-hybridized carbons (Fsp3) is 0.489. The number of aliphatic hydroxyl groups is 2. The number of carbonyl (C=O) groups is 2. The largest absolute Gasteiger partial charge is 0.458 e. The van der Waals surface area contributed by atoms with Crippen molar-refractivity contribution in [2.24, 2.45) is 0 Å². The molecule has 8 atom stereocenters. The van der Waals surface area contributed by atoms with E-state index >= 15 is 0 Å². The zero-order valence-electron chi connectivity index (χ0n) is 36.3. The maximum absolute atomic E-state index is 12.6. The molecule has 3 heterocycles. The Labute approximate surface area is 367 Å². The third kappa shape index (κ3) is 15.1. The van der Waals surface area contributed by atoms with Crippen LogP contribution in [0.3, 0.4) is 0 Å². The summed E-state index contributed by atoms with van der Waals surface area (Å²) in [6.45, 7) is 23.0. The van der Waals surface area contributed by atoms with Crippen LogP contribution in [0.4, 0.5) is 11.4 Å². The molecule has 5 rings (SSSR count). The molecule has 3 aliphatic rings. The highest BCUT2D eigenvalue weighted by Gasteiger charge is 2.42. The molecule has 16 nitrogen and oxygen atoms in total. The van der Waals surface area contributed by atoms with Crippen LogP contribution in [0.2, 0.25) is 0 Å². The molecule has 16 heteroatoms. The van der Waals surface area contributed by atoms with Crippen molar-refractivity contribution >= 4 is 23.3 Å². The summed E-state index contributed by atoms with van der Waals surface area (Å²) in [5.74, 6) is -1.72. The van der Waals surface area contributed by atoms with Crippen LogP contribution >= 0.6 is 0 Å². The first-order chi connectivity index (χ1) is 29.8. The zero-order valence-corrected chi connectivity index (χ0v) is 36.3. The van der Waals surface area contributed by atoms with Crippen LogP contribution in [-0.4, -0.2) is 99.8 Å². The van der Waals surface area contributed by atoms with E-state index in [4.69, 9.17) is 33.5 Å². The van der Waals surface area contributed by atoms with Gasteiger partial charge < -0.3 is 38.6 Å². The molecule has 2 aromatic rings. The Morgan fingerprint density at radius 1 is 0.794 bits per heavy atom. The van der Waals surface area contributed by atoms with Gasteiger partial charge in [-0.05, 0) is 113 Å². The van der Waals surface area contributed by atoms with Gasteiger partial charge in [-0.25, -0.2) is 9.59 Å². The van der Waals surface area contributed by atoms with Crippen molar-refractivity contribution in [1.29, 1.82) is 0 Å². The van der Waals surface area contributed by atoms with Gasteiger partial charge in [-0.2, -0.15) is 0 Å². The van der Waals surface area contributed by atoms with Crippen LogP contribution in [0.25, 0.3) is 0 Å². The van der Waals surface area contributed by atoms with E-state index in [2.05, 4.69) is 37.8 Å². The quantitative estimate of drug-likeness (QED) is 0.0450. The van der Waals surface area contributed by atoms with Gasteiger partial charge in [0.2, 0.25) is 0 Å². The summed E-state index contributed by atoms with van der Waals surface area (Å²) < 4.78 is 34.9. The van der Waals surface area contributed by atoms with Gasteiger partial charge in [-0.15, -0.1) is 11.5 Å². The standard InChI is InChI=1S/C25H31NO7.C22H27NO7/c1-6-16(2)13-20(31-24(27)18-7-9-19(10-8-18)26(28)29)11-12-21-17(3)14-22(32-21)23-15-30-25(4,5)33-23;1-4-14(2)11-18(9-10-20-15(3)12-21(30-20)19(25)13-24)29-22(26)16-5-7-17(8-6-16)23(27)28/h7-10,20-23H,1,3,11-15H2,2,4-5H3;5-8,18-21,24-25H,1,3,9-13H2,2H3/t20-,21?,22+,23+;18-,19+,20?,21+/m00/s1. The van der Waals surface area contributed by atoms with Crippen molar-refractivity contribution in [3.63, 3.8) is 0 Å². The van der Waals surface area contributed by atoms with Crippen molar-refractivity contribution in [3.8, 4) is 0 Å². The Kier molecular flexibility index (Phi) is 18.5. The second-order valence-electron chi connectivity index (χ2n) is 16.3. The van der Waals surface area contributed by atoms with E-state index in [9.17, 15) is 34.9 Å². The molecule has 3 fully saturated rings. The van der Waals surface area contributed by atoms with E-state index < -0.39 is 52.0 Å². The molecule has 3 aliphatic heterocycles. The van der Waals surface area contributed by atoms with Gasteiger partial charge >= 0.3 is 11.9 Å². The zero-order chi connectivity index (χ0) is 46.4. The molecular formula is C47H58N2O14. The summed E-state index contributed by atoms with van der Waals surface area (Å²) >= 11 is 0. The summed E-state index contributed by atoms with van der Waals surface area (Å²) in [6.07, 6.45) is 1.22. The van der Waals surface area contributed by atoms with Crippen LogP contribution in [0.1, 0.15) is 99.8 Å². The highest BCUT2D eigenvalue weighted by atomic mass is 16.8. The molecule has 0 amide bonds. The first kappa shape index (κ1) is 50.1. The van der Waals surface area contributed by atoms with E-state index in [1.165, 1.54) is 48.5 Å². The number of carbonyl (C=O) groups excluding carboxylic acids is 2. The van der Waals surface area contributed by atoms with Crippen LogP contribution in [0, 0.1) is 20.2 Å². The maximum Gasteiger partial charge on any atom is 0.338 e. The minimum atomic E-state index is -0.964. The molecular weight excluding hydrogens is 817 g/mol. The van der Waals surface area contributed by atoms with Crippen LogP contribution < -0.4 is 0 Å². The minimum absolute atomic E-state index is 0.0833. The molecule has 0 saturated carbocycles. The number of hydrogen-bond acceptors (Lipinski definition) is 14. The molecule has 0 spiro atoms. The summed E-state index contributed by atoms with van der Waals surface area (Å²) in [5, 5.41) is 40.5. The molecule has 3 saturated heterocycles. The van der Waals surface area contributed by atoms with Gasteiger partial charge in [0.25, 0.3) is 11.4 Å². The number of non-ortho nitro benzene ring substituents is 2. The molecule has 0 aromatic heterocycles. The molecule has 340 valence electrons. The SMILES string of the molecule is C=C=C(C)C[C@H](CCC1O[C@@H]([C@H](O)CO)CC1=C)OC(=O)c1ccc([N+](=O)[O-])cc1.C=C=C(C)C[C@H](CCC1O[C@@H]([C@H]2COC(C)(C)O2)CC1=C)OC(=O)c1ccc([N+](=O)[O-])cc1. The highest BCUT2D eigenvalue weighted by Crippen LogP contribution is 2.36. The van der Waals surface area contributed by atoms with Gasteiger partial charge in [0.15, 0.2) is 5.79 Å². The lowest BCUT2D eigenvalue weighted by atomic mass is 9.99. The van der Waals surface area contributed by atoms with Crippen molar-refractivity contribution < 1.29 is 58.1 Å². The molecule has 0 radical (unpaired) electrons. The average Bonchev–Trinajstić information content (AvgIpc) is 3.95. The minimum Gasteiger partial charge on any atom is -0.458 e. The summed E-state index contributed by atoms with van der Waals surface area (Å²) in [5.41, 5.74) is 9.43. The number of aliphatic hydroxyl groups excluding tert-OH is 2.